The van der Waals surface area contributed by atoms with E-state index in [4.69, 9.17) is 9.47 Å². The fourth-order valence-electron chi connectivity index (χ4n) is 2.04. The third kappa shape index (κ3) is 4.32. The van der Waals surface area contributed by atoms with E-state index in [9.17, 15) is 0 Å². The molecule has 1 aliphatic heterocycles. The van der Waals surface area contributed by atoms with Crippen LogP contribution < -0.4 is 14.8 Å². The summed E-state index contributed by atoms with van der Waals surface area (Å²) in [6, 6.07) is 6.13. The molecular formula is C15H23NO2S. The van der Waals surface area contributed by atoms with Gasteiger partial charge >= 0.3 is 0 Å². The van der Waals surface area contributed by atoms with E-state index in [2.05, 4.69) is 24.6 Å². The van der Waals surface area contributed by atoms with Crippen LogP contribution in [0.15, 0.2) is 18.2 Å². The fraction of sp³-hybridized carbons (Fsp3) is 0.600. The lowest BCUT2D eigenvalue weighted by atomic mass is 10.2. The molecule has 4 heteroatoms. The molecule has 1 unspecified atom stereocenters. The van der Waals surface area contributed by atoms with Crippen LogP contribution in [0, 0.1) is 0 Å². The normalized spacial score (nSPS) is 15.9. The van der Waals surface area contributed by atoms with E-state index in [0.717, 1.165) is 44.2 Å². The van der Waals surface area contributed by atoms with Crippen molar-refractivity contribution in [3.8, 4) is 11.5 Å². The summed E-state index contributed by atoms with van der Waals surface area (Å²) in [5.41, 5.74) is 1.19. The maximum Gasteiger partial charge on any atom is 0.165 e. The van der Waals surface area contributed by atoms with Gasteiger partial charge in [-0.05, 0) is 25.3 Å². The zero-order chi connectivity index (χ0) is 13.5. The van der Waals surface area contributed by atoms with Gasteiger partial charge in [-0.25, -0.2) is 0 Å². The Hall–Kier alpha value is -0.870. The third-order valence-electron chi connectivity index (χ3n) is 3.30. The van der Waals surface area contributed by atoms with Crippen LogP contribution in [0.25, 0.3) is 0 Å². The summed E-state index contributed by atoms with van der Waals surface area (Å²) < 4.78 is 11.5. The van der Waals surface area contributed by atoms with Gasteiger partial charge in [0, 0.05) is 23.8 Å². The van der Waals surface area contributed by atoms with Gasteiger partial charge in [-0.3, -0.25) is 0 Å². The van der Waals surface area contributed by atoms with Gasteiger partial charge in [0.15, 0.2) is 11.5 Å². The molecule has 1 N–H and O–H groups in total. The molecule has 0 aromatic heterocycles. The summed E-state index contributed by atoms with van der Waals surface area (Å²) in [5, 5.41) is 4.20. The van der Waals surface area contributed by atoms with Gasteiger partial charge in [-0.15, -0.1) is 0 Å². The number of fused-ring (bicyclic) bond motifs is 1. The molecule has 3 nitrogen and oxygen atoms in total. The van der Waals surface area contributed by atoms with Crippen molar-refractivity contribution in [2.45, 2.75) is 31.6 Å². The largest absolute Gasteiger partial charge is 0.490 e. The van der Waals surface area contributed by atoms with Gasteiger partial charge in [-0.1, -0.05) is 19.1 Å². The quantitative estimate of drug-likeness (QED) is 0.812. The predicted octanol–water partition coefficient (Wildman–Crippen LogP) is 3.08. The Morgan fingerprint density at radius 1 is 1.32 bits per heavy atom. The van der Waals surface area contributed by atoms with Gasteiger partial charge in [0.25, 0.3) is 0 Å². The molecule has 1 aromatic rings. The zero-order valence-electron chi connectivity index (χ0n) is 11.8. The number of hydrogen-bond acceptors (Lipinski definition) is 4. The Morgan fingerprint density at radius 3 is 3.00 bits per heavy atom. The van der Waals surface area contributed by atoms with Gasteiger partial charge in [0.1, 0.15) is 0 Å². The van der Waals surface area contributed by atoms with E-state index >= 15 is 0 Å². The van der Waals surface area contributed by atoms with Crippen molar-refractivity contribution in [1.82, 2.24) is 5.32 Å². The van der Waals surface area contributed by atoms with E-state index in [1.54, 1.807) is 0 Å². The second kappa shape index (κ2) is 7.65. The monoisotopic (exact) mass is 281 g/mol. The highest BCUT2D eigenvalue weighted by atomic mass is 32.2. The highest BCUT2D eigenvalue weighted by Crippen LogP contribution is 2.33. The minimum atomic E-state index is 0.708. The maximum atomic E-state index is 5.81. The van der Waals surface area contributed by atoms with Gasteiger partial charge in [0.2, 0.25) is 0 Å². The summed E-state index contributed by atoms with van der Waals surface area (Å²) in [6.45, 7) is 5.63. The van der Waals surface area contributed by atoms with Crippen LogP contribution in [-0.2, 0) is 6.54 Å². The van der Waals surface area contributed by atoms with Crippen LogP contribution in [0.5, 0.6) is 11.5 Å². The Kier molecular flexibility index (Phi) is 5.86. The van der Waals surface area contributed by atoms with Gasteiger partial charge in [0.05, 0.1) is 13.2 Å². The molecule has 0 saturated heterocycles. The van der Waals surface area contributed by atoms with Crippen LogP contribution in [0.1, 0.15) is 25.3 Å². The molecule has 0 amide bonds. The van der Waals surface area contributed by atoms with E-state index in [-0.39, 0.29) is 0 Å². The minimum absolute atomic E-state index is 0.708. The molecular weight excluding hydrogens is 258 g/mol. The number of benzene rings is 1. The second-order valence-corrected chi connectivity index (χ2v) is 6.08. The number of nitrogens with one attached hydrogen (secondary N) is 1. The molecule has 0 aliphatic carbocycles. The molecule has 2 rings (SSSR count). The van der Waals surface area contributed by atoms with Crippen molar-refractivity contribution < 1.29 is 9.47 Å². The van der Waals surface area contributed by atoms with Crippen molar-refractivity contribution in [3.05, 3.63) is 23.8 Å². The van der Waals surface area contributed by atoms with Crippen LogP contribution in [-0.4, -0.2) is 31.3 Å². The summed E-state index contributed by atoms with van der Waals surface area (Å²) in [7, 11) is 0. The molecule has 1 aromatic carbocycles. The third-order valence-corrected chi connectivity index (χ3v) is 4.34. The average Bonchev–Trinajstić information content (AvgIpc) is 2.69. The van der Waals surface area contributed by atoms with Crippen molar-refractivity contribution in [1.29, 1.82) is 0 Å². The van der Waals surface area contributed by atoms with Gasteiger partial charge < -0.3 is 14.8 Å². The van der Waals surface area contributed by atoms with Crippen molar-refractivity contribution >= 4 is 11.8 Å². The lowest BCUT2D eigenvalue weighted by Crippen LogP contribution is -2.18. The van der Waals surface area contributed by atoms with Crippen molar-refractivity contribution in [3.63, 3.8) is 0 Å². The first-order valence-electron chi connectivity index (χ1n) is 6.92. The lowest BCUT2D eigenvalue weighted by Gasteiger charge is -2.14. The first-order chi connectivity index (χ1) is 9.31. The molecule has 0 saturated carbocycles. The highest BCUT2D eigenvalue weighted by Gasteiger charge is 2.13. The predicted molar refractivity (Wildman–Crippen MR) is 81.3 cm³/mol. The fourth-order valence-corrected chi connectivity index (χ4v) is 2.39. The molecule has 0 spiro atoms. The highest BCUT2D eigenvalue weighted by molar-refractivity contribution is 7.99. The minimum Gasteiger partial charge on any atom is -0.490 e. The average molecular weight is 281 g/mol. The molecule has 0 fully saturated rings. The van der Waals surface area contributed by atoms with Crippen LogP contribution >= 0.6 is 11.8 Å². The summed E-state index contributed by atoms with van der Waals surface area (Å²) in [6.07, 6.45) is 4.30. The summed E-state index contributed by atoms with van der Waals surface area (Å²) >= 11 is 1.91. The van der Waals surface area contributed by atoms with Crippen molar-refractivity contribution in [2.24, 2.45) is 0 Å². The Morgan fingerprint density at radius 2 is 2.16 bits per heavy atom. The topological polar surface area (TPSA) is 30.5 Å². The molecule has 1 atom stereocenters. The zero-order valence-corrected chi connectivity index (χ0v) is 12.6. The molecule has 0 bridgehead atoms. The van der Waals surface area contributed by atoms with Crippen LogP contribution in [0.3, 0.4) is 0 Å². The van der Waals surface area contributed by atoms with E-state index < -0.39 is 0 Å². The molecule has 19 heavy (non-hydrogen) atoms. The first kappa shape index (κ1) is 14.5. The lowest BCUT2D eigenvalue weighted by molar-refractivity contribution is 0.296. The van der Waals surface area contributed by atoms with Crippen molar-refractivity contribution in [2.75, 3.05) is 26.0 Å². The number of rotatable bonds is 6. The van der Waals surface area contributed by atoms with E-state index in [1.807, 2.05) is 23.9 Å². The van der Waals surface area contributed by atoms with Crippen LogP contribution in [0.4, 0.5) is 0 Å². The maximum absolute atomic E-state index is 5.81. The van der Waals surface area contributed by atoms with Gasteiger partial charge in [-0.2, -0.15) is 11.8 Å². The molecule has 106 valence electrons. The molecule has 1 aliphatic rings. The number of hydrogen-bond donors (Lipinski definition) is 1. The number of ether oxygens (including phenoxy) is 2. The Balaban J connectivity index is 1.89. The molecule has 0 radical (unpaired) electrons. The number of thioether (sulfide) groups is 1. The Labute approximate surface area is 120 Å². The molecule has 1 heterocycles. The first-order valence-corrected chi connectivity index (χ1v) is 8.21. The SMILES string of the molecule is CSC(C)CCNCc1cccc2c1OCCCO2. The second-order valence-electron chi connectivity index (χ2n) is 4.81. The summed E-state index contributed by atoms with van der Waals surface area (Å²) in [4.78, 5) is 0. The standard InChI is InChI=1S/C15H23NO2S/c1-12(19-2)7-8-16-11-13-5-3-6-14-15(13)18-10-4-9-17-14/h3,5-6,12,16H,4,7-11H2,1-2H3. The van der Waals surface area contributed by atoms with E-state index in [0.29, 0.717) is 5.25 Å². The Bertz CT molecular complexity index is 398. The summed E-state index contributed by atoms with van der Waals surface area (Å²) in [5.74, 6) is 1.81. The number of para-hydroxylation sites is 1. The van der Waals surface area contributed by atoms with E-state index in [1.165, 1.54) is 12.0 Å². The smallest absolute Gasteiger partial charge is 0.165 e. The van der Waals surface area contributed by atoms with Crippen LogP contribution in [0.2, 0.25) is 0 Å².